The molecule has 1 heterocycles. The molecule has 0 radical (unpaired) electrons. The Morgan fingerprint density at radius 3 is 2.43 bits per heavy atom. The van der Waals surface area contributed by atoms with Crippen LogP contribution in [0.1, 0.15) is 41.3 Å². The molecule has 21 heavy (non-hydrogen) atoms. The van der Waals surface area contributed by atoms with Gasteiger partial charge in [0.2, 0.25) is 0 Å². The minimum absolute atomic E-state index is 0.434. The minimum Gasteiger partial charge on any atom is -0.305 e. The fourth-order valence-electron chi connectivity index (χ4n) is 3.55. The van der Waals surface area contributed by atoms with Crippen molar-refractivity contribution in [3.63, 3.8) is 0 Å². The lowest BCUT2D eigenvalue weighted by Crippen LogP contribution is -2.35. The topological polar surface area (TPSA) is 24.9 Å². The Morgan fingerprint density at radius 2 is 1.81 bits per heavy atom. The summed E-state index contributed by atoms with van der Waals surface area (Å²) in [5.41, 5.74) is 5.57. The van der Waals surface area contributed by atoms with Gasteiger partial charge in [0, 0.05) is 12.2 Å². The number of pyridine rings is 1. The first kappa shape index (κ1) is 13.0. The lowest BCUT2D eigenvalue weighted by molar-refractivity contribution is 0.403. The highest BCUT2D eigenvalue weighted by Crippen LogP contribution is 2.41. The SMILES string of the molecule is Cc1ccnc(C(NC2Cc3ccccc3C2)C2CC2)c1. The number of fused-ring (bicyclic) bond motifs is 1. The highest BCUT2D eigenvalue weighted by molar-refractivity contribution is 5.33. The Bertz CT molecular complexity index is 621. The van der Waals surface area contributed by atoms with Gasteiger partial charge in [0.1, 0.15) is 0 Å². The molecule has 1 aromatic carbocycles. The Morgan fingerprint density at radius 1 is 1.10 bits per heavy atom. The second-order valence-corrected chi connectivity index (χ2v) is 6.61. The van der Waals surface area contributed by atoms with Crippen LogP contribution in [0, 0.1) is 12.8 Å². The molecule has 0 bridgehead atoms. The van der Waals surface area contributed by atoms with Gasteiger partial charge in [-0.2, -0.15) is 0 Å². The molecule has 0 aliphatic heterocycles. The van der Waals surface area contributed by atoms with Crippen LogP contribution in [0.25, 0.3) is 0 Å². The predicted octanol–water partition coefficient (Wildman–Crippen LogP) is 3.60. The molecule has 2 aliphatic rings. The third-order valence-electron chi connectivity index (χ3n) is 4.81. The van der Waals surface area contributed by atoms with Crippen molar-refractivity contribution in [3.8, 4) is 0 Å². The lowest BCUT2D eigenvalue weighted by Gasteiger charge is -2.22. The van der Waals surface area contributed by atoms with Crippen LogP contribution < -0.4 is 5.32 Å². The van der Waals surface area contributed by atoms with Gasteiger partial charge in [-0.3, -0.25) is 4.98 Å². The van der Waals surface area contributed by atoms with Gasteiger partial charge in [-0.25, -0.2) is 0 Å². The fraction of sp³-hybridized carbons (Fsp3) is 0.421. The van der Waals surface area contributed by atoms with Crippen LogP contribution in [0.5, 0.6) is 0 Å². The first-order valence-electron chi connectivity index (χ1n) is 8.05. The Labute approximate surface area is 126 Å². The van der Waals surface area contributed by atoms with Gasteiger partial charge < -0.3 is 5.32 Å². The van der Waals surface area contributed by atoms with Crippen molar-refractivity contribution >= 4 is 0 Å². The zero-order valence-corrected chi connectivity index (χ0v) is 12.5. The molecule has 4 rings (SSSR count). The highest BCUT2D eigenvalue weighted by Gasteiger charge is 2.35. The second-order valence-electron chi connectivity index (χ2n) is 6.61. The summed E-state index contributed by atoms with van der Waals surface area (Å²) in [6, 6.07) is 14.2. The summed E-state index contributed by atoms with van der Waals surface area (Å²) in [4.78, 5) is 4.63. The first-order valence-corrected chi connectivity index (χ1v) is 8.05. The quantitative estimate of drug-likeness (QED) is 0.924. The van der Waals surface area contributed by atoms with Gasteiger partial charge in [0.05, 0.1) is 11.7 Å². The Balaban J connectivity index is 1.52. The summed E-state index contributed by atoms with van der Waals surface area (Å²) in [6.45, 7) is 2.15. The van der Waals surface area contributed by atoms with E-state index in [-0.39, 0.29) is 0 Å². The molecular formula is C19H22N2. The first-order chi connectivity index (χ1) is 10.3. The van der Waals surface area contributed by atoms with E-state index in [0.717, 1.165) is 18.8 Å². The molecule has 108 valence electrons. The molecule has 1 saturated carbocycles. The molecule has 0 amide bonds. The van der Waals surface area contributed by atoms with Crippen LogP contribution in [-0.2, 0) is 12.8 Å². The van der Waals surface area contributed by atoms with Gasteiger partial charge in [0.15, 0.2) is 0 Å². The van der Waals surface area contributed by atoms with Gasteiger partial charge in [-0.1, -0.05) is 24.3 Å². The van der Waals surface area contributed by atoms with E-state index >= 15 is 0 Å². The monoisotopic (exact) mass is 278 g/mol. The Kier molecular flexibility index (Phi) is 3.27. The second kappa shape index (κ2) is 5.27. The van der Waals surface area contributed by atoms with Crippen LogP contribution in [0.2, 0.25) is 0 Å². The van der Waals surface area contributed by atoms with E-state index in [0.29, 0.717) is 12.1 Å². The summed E-state index contributed by atoms with van der Waals surface area (Å²) < 4.78 is 0. The average Bonchev–Trinajstić information content (AvgIpc) is 3.24. The molecule has 0 saturated heterocycles. The van der Waals surface area contributed by atoms with E-state index in [1.807, 2.05) is 6.20 Å². The largest absolute Gasteiger partial charge is 0.305 e. The smallest absolute Gasteiger partial charge is 0.0578 e. The van der Waals surface area contributed by atoms with Gasteiger partial charge in [-0.15, -0.1) is 0 Å². The normalized spacial score (nSPS) is 19.5. The third kappa shape index (κ3) is 2.73. The maximum Gasteiger partial charge on any atom is 0.0578 e. The number of aromatic nitrogens is 1. The number of nitrogens with zero attached hydrogens (tertiary/aromatic N) is 1. The number of aryl methyl sites for hydroxylation is 1. The maximum absolute atomic E-state index is 4.63. The number of hydrogen-bond acceptors (Lipinski definition) is 2. The molecule has 1 atom stereocenters. The zero-order chi connectivity index (χ0) is 14.2. The fourth-order valence-corrected chi connectivity index (χ4v) is 3.55. The van der Waals surface area contributed by atoms with E-state index in [9.17, 15) is 0 Å². The van der Waals surface area contributed by atoms with Crippen molar-refractivity contribution in [2.24, 2.45) is 5.92 Å². The van der Waals surface area contributed by atoms with E-state index in [1.165, 1.54) is 35.2 Å². The van der Waals surface area contributed by atoms with Crippen molar-refractivity contribution in [1.29, 1.82) is 0 Å². The summed E-state index contributed by atoms with van der Waals surface area (Å²) in [5, 5.41) is 3.91. The Hall–Kier alpha value is -1.67. The molecule has 1 fully saturated rings. The highest BCUT2D eigenvalue weighted by atomic mass is 15.0. The summed E-state index contributed by atoms with van der Waals surface area (Å²) in [6.07, 6.45) is 6.95. The van der Waals surface area contributed by atoms with E-state index in [4.69, 9.17) is 0 Å². The van der Waals surface area contributed by atoms with Crippen LogP contribution >= 0.6 is 0 Å². The van der Waals surface area contributed by atoms with Crippen molar-refractivity contribution in [2.45, 2.75) is 44.7 Å². The van der Waals surface area contributed by atoms with Crippen molar-refractivity contribution in [1.82, 2.24) is 10.3 Å². The molecule has 2 nitrogen and oxygen atoms in total. The molecule has 1 aromatic heterocycles. The van der Waals surface area contributed by atoms with Crippen LogP contribution in [0.3, 0.4) is 0 Å². The average molecular weight is 278 g/mol. The standard InChI is InChI=1S/C19H22N2/c1-13-8-9-20-18(10-13)19(14-6-7-14)21-17-11-15-4-2-3-5-16(15)12-17/h2-5,8-10,14,17,19,21H,6-7,11-12H2,1H3. The summed E-state index contributed by atoms with van der Waals surface area (Å²) in [5.74, 6) is 0.781. The summed E-state index contributed by atoms with van der Waals surface area (Å²) in [7, 11) is 0. The minimum atomic E-state index is 0.434. The van der Waals surface area contributed by atoms with E-state index in [2.05, 4.69) is 53.6 Å². The predicted molar refractivity (Wildman–Crippen MR) is 85.2 cm³/mol. The van der Waals surface area contributed by atoms with Crippen molar-refractivity contribution in [2.75, 3.05) is 0 Å². The lowest BCUT2D eigenvalue weighted by atomic mass is 10.0. The molecular weight excluding hydrogens is 256 g/mol. The molecule has 0 spiro atoms. The van der Waals surface area contributed by atoms with Crippen LogP contribution in [0.4, 0.5) is 0 Å². The van der Waals surface area contributed by atoms with Gasteiger partial charge >= 0.3 is 0 Å². The number of nitrogens with one attached hydrogen (secondary N) is 1. The number of rotatable bonds is 4. The van der Waals surface area contributed by atoms with E-state index < -0.39 is 0 Å². The number of benzene rings is 1. The van der Waals surface area contributed by atoms with Gasteiger partial charge in [-0.05, 0) is 67.3 Å². The van der Waals surface area contributed by atoms with Crippen molar-refractivity contribution in [3.05, 3.63) is 65.0 Å². The van der Waals surface area contributed by atoms with E-state index in [1.54, 1.807) is 0 Å². The van der Waals surface area contributed by atoms with Gasteiger partial charge in [0.25, 0.3) is 0 Å². The molecule has 2 heteroatoms. The maximum atomic E-state index is 4.63. The van der Waals surface area contributed by atoms with Crippen LogP contribution in [-0.4, -0.2) is 11.0 Å². The third-order valence-corrected chi connectivity index (χ3v) is 4.81. The molecule has 2 aromatic rings. The number of hydrogen-bond donors (Lipinski definition) is 1. The molecule has 1 N–H and O–H groups in total. The molecule has 1 unspecified atom stereocenters. The van der Waals surface area contributed by atoms with Crippen LogP contribution in [0.15, 0.2) is 42.6 Å². The summed E-state index contributed by atoms with van der Waals surface area (Å²) >= 11 is 0. The van der Waals surface area contributed by atoms with Crippen molar-refractivity contribution < 1.29 is 0 Å². The zero-order valence-electron chi connectivity index (χ0n) is 12.5. The molecule has 2 aliphatic carbocycles.